The number of aliphatic carboxylic acids is 1. The number of nitrogens with one attached hydrogen (secondary N) is 1. The SMILES string of the molecule is CC1CCC(NC(=O)C2Oc3ccccc3OC2C)(C(=O)O)CC1. The van der Waals surface area contributed by atoms with Gasteiger partial charge in [-0.05, 0) is 50.7 Å². The highest BCUT2D eigenvalue weighted by molar-refractivity contribution is 5.90. The second-order valence-corrected chi connectivity index (χ2v) is 6.87. The number of benzene rings is 1. The first kappa shape index (κ1) is 16.6. The number of carbonyl (C=O) groups excluding carboxylic acids is 1. The van der Waals surface area contributed by atoms with Gasteiger partial charge in [-0.1, -0.05) is 19.1 Å². The second kappa shape index (κ2) is 6.34. The highest BCUT2D eigenvalue weighted by Gasteiger charge is 2.45. The van der Waals surface area contributed by atoms with Crippen LogP contribution in [0, 0.1) is 5.92 Å². The fraction of sp³-hybridized carbons (Fsp3) is 0.556. The Kier molecular flexibility index (Phi) is 4.39. The van der Waals surface area contributed by atoms with E-state index in [1.807, 2.05) is 6.07 Å². The minimum atomic E-state index is -1.20. The average molecular weight is 333 g/mol. The Morgan fingerprint density at radius 1 is 1.12 bits per heavy atom. The van der Waals surface area contributed by atoms with Gasteiger partial charge in [-0.25, -0.2) is 4.79 Å². The molecule has 2 atom stereocenters. The van der Waals surface area contributed by atoms with Gasteiger partial charge >= 0.3 is 5.97 Å². The fourth-order valence-electron chi connectivity index (χ4n) is 3.36. The number of carboxylic acids is 1. The standard InChI is InChI=1S/C18H23NO5/c1-11-7-9-18(10-8-11,17(21)22)19-16(20)15-12(2)23-13-5-3-4-6-14(13)24-15/h3-6,11-12,15H,7-10H2,1-2H3,(H,19,20)(H,21,22). The van der Waals surface area contributed by atoms with E-state index in [2.05, 4.69) is 12.2 Å². The molecule has 0 saturated heterocycles. The summed E-state index contributed by atoms with van der Waals surface area (Å²) in [4.78, 5) is 24.5. The van der Waals surface area contributed by atoms with E-state index in [0.717, 1.165) is 12.8 Å². The van der Waals surface area contributed by atoms with Crippen molar-refractivity contribution in [3.63, 3.8) is 0 Å². The lowest BCUT2D eigenvalue weighted by Gasteiger charge is -2.38. The molecule has 24 heavy (non-hydrogen) atoms. The largest absolute Gasteiger partial charge is 0.482 e. The molecule has 2 N–H and O–H groups in total. The summed E-state index contributed by atoms with van der Waals surface area (Å²) in [6.45, 7) is 3.85. The Morgan fingerprint density at radius 2 is 1.71 bits per heavy atom. The molecule has 2 aliphatic rings. The number of hydrogen-bond acceptors (Lipinski definition) is 4. The third-order valence-corrected chi connectivity index (χ3v) is 5.00. The van der Waals surface area contributed by atoms with Crippen LogP contribution in [-0.2, 0) is 9.59 Å². The van der Waals surface area contributed by atoms with Crippen molar-refractivity contribution in [2.75, 3.05) is 0 Å². The summed E-state index contributed by atoms with van der Waals surface area (Å²) in [5.74, 6) is 0.154. The molecule has 1 saturated carbocycles. The van der Waals surface area contributed by atoms with Gasteiger partial charge < -0.3 is 19.9 Å². The first-order valence-corrected chi connectivity index (χ1v) is 8.39. The highest BCUT2D eigenvalue weighted by atomic mass is 16.6. The van der Waals surface area contributed by atoms with Crippen LogP contribution in [0.5, 0.6) is 11.5 Å². The molecule has 1 aliphatic heterocycles. The Balaban J connectivity index is 1.75. The van der Waals surface area contributed by atoms with Crippen LogP contribution in [0.3, 0.4) is 0 Å². The predicted molar refractivity (Wildman–Crippen MR) is 87.1 cm³/mol. The van der Waals surface area contributed by atoms with Crippen molar-refractivity contribution in [2.24, 2.45) is 5.92 Å². The summed E-state index contributed by atoms with van der Waals surface area (Å²) in [6.07, 6.45) is 1.09. The molecule has 0 spiro atoms. The van der Waals surface area contributed by atoms with E-state index in [1.165, 1.54) is 0 Å². The van der Waals surface area contributed by atoms with Crippen molar-refractivity contribution in [1.29, 1.82) is 0 Å². The van der Waals surface area contributed by atoms with E-state index in [0.29, 0.717) is 30.3 Å². The normalized spacial score (nSPS) is 32.0. The van der Waals surface area contributed by atoms with Gasteiger partial charge in [-0.3, -0.25) is 4.79 Å². The molecule has 130 valence electrons. The monoisotopic (exact) mass is 333 g/mol. The molecule has 1 fully saturated rings. The molecule has 1 heterocycles. The lowest BCUT2D eigenvalue weighted by atomic mass is 9.77. The third kappa shape index (κ3) is 3.05. The molecule has 1 aromatic rings. The van der Waals surface area contributed by atoms with Crippen LogP contribution < -0.4 is 14.8 Å². The smallest absolute Gasteiger partial charge is 0.329 e. The van der Waals surface area contributed by atoms with Crippen LogP contribution in [0.4, 0.5) is 0 Å². The number of ether oxygens (including phenoxy) is 2. The zero-order chi connectivity index (χ0) is 17.3. The summed E-state index contributed by atoms with van der Waals surface area (Å²) >= 11 is 0. The molecule has 6 nitrogen and oxygen atoms in total. The molecular formula is C18H23NO5. The van der Waals surface area contributed by atoms with Crippen molar-refractivity contribution < 1.29 is 24.2 Å². The van der Waals surface area contributed by atoms with Crippen molar-refractivity contribution in [2.45, 2.75) is 57.3 Å². The molecule has 0 bridgehead atoms. The van der Waals surface area contributed by atoms with Gasteiger partial charge in [0.05, 0.1) is 0 Å². The summed E-state index contributed by atoms with van der Waals surface area (Å²) < 4.78 is 11.5. The third-order valence-electron chi connectivity index (χ3n) is 5.00. The van der Waals surface area contributed by atoms with Crippen LogP contribution in [-0.4, -0.2) is 34.7 Å². The minimum absolute atomic E-state index is 0.436. The molecule has 1 aliphatic carbocycles. The lowest BCUT2D eigenvalue weighted by molar-refractivity contribution is -0.152. The van der Waals surface area contributed by atoms with Crippen molar-refractivity contribution in [1.82, 2.24) is 5.32 Å². The number of carbonyl (C=O) groups is 2. The van der Waals surface area contributed by atoms with E-state index >= 15 is 0 Å². The van der Waals surface area contributed by atoms with Crippen LogP contribution in [0.15, 0.2) is 24.3 Å². The maximum atomic E-state index is 12.7. The van der Waals surface area contributed by atoms with E-state index in [9.17, 15) is 14.7 Å². The van der Waals surface area contributed by atoms with Crippen molar-refractivity contribution >= 4 is 11.9 Å². The average Bonchev–Trinajstić information content (AvgIpc) is 2.56. The first-order valence-electron chi connectivity index (χ1n) is 8.39. The number of para-hydroxylation sites is 2. The maximum Gasteiger partial charge on any atom is 0.329 e. The number of amides is 1. The lowest BCUT2D eigenvalue weighted by Crippen LogP contribution is -2.61. The summed E-state index contributed by atoms with van der Waals surface area (Å²) in [7, 11) is 0. The van der Waals surface area contributed by atoms with Crippen molar-refractivity contribution in [3.8, 4) is 11.5 Å². The molecule has 1 amide bonds. The van der Waals surface area contributed by atoms with E-state index < -0.39 is 29.6 Å². The Hall–Kier alpha value is -2.24. The number of fused-ring (bicyclic) bond motifs is 1. The Labute approximate surface area is 141 Å². The Morgan fingerprint density at radius 3 is 2.29 bits per heavy atom. The van der Waals surface area contributed by atoms with Gasteiger partial charge in [0.2, 0.25) is 6.10 Å². The van der Waals surface area contributed by atoms with E-state index in [4.69, 9.17) is 9.47 Å². The summed E-state index contributed by atoms with van der Waals surface area (Å²) in [5, 5.41) is 12.4. The van der Waals surface area contributed by atoms with Crippen LogP contribution in [0.1, 0.15) is 39.5 Å². The van der Waals surface area contributed by atoms with Crippen LogP contribution >= 0.6 is 0 Å². The maximum absolute atomic E-state index is 12.7. The fourth-order valence-corrected chi connectivity index (χ4v) is 3.36. The van der Waals surface area contributed by atoms with Gasteiger partial charge in [0.1, 0.15) is 11.6 Å². The van der Waals surface area contributed by atoms with Gasteiger partial charge in [0.25, 0.3) is 5.91 Å². The van der Waals surface area contributed by atoms with Gasteiger partial charge in [-0.2, -0.15) is 0 Å². The number of carboxylic acid groups (broad SMARTS) is 1. The zero-order valence-electron chi connectivity index (χ0n) is 14.0. The highest BCUT2D eigenvalue weighted by Crippen LogP contribution is 2.35. The molecule has 0 radical (unpaired) electrons. The van der Waals surface area contributed by atoms with Gasteiger partial charge in [-0.15, -0.1) is 0 Å². The number of rotatable bonds is 3. The zero-order valence-corrected chi connectivity index (χ0v) is 14.0. The second-order valence-electron chi connectivity index (χ2n) is 6.87. The van der Waals surface area contributed by atoms with Crippen LogP contribution in [0.25, 0.3) is 0 Å². The van der Waals surface area contributed by atoms with E-state index in [1.54, 1.807) is 25.1 Å². The van der Waals surface area contributed by atoms with Gasteiger partial charge in [0, 0.05) is 0 Å². The molecular weight excluding hydrogens is 310 g/mol. The molecule has 1 aromatic carbocycles. The van der Waals surface area contributed by atoms with E-state index in [-0.39, 0.29) is 0 Å². The summed E-state index contributed by atoms with van der Waals surface area (Å²) in [5.41, 5.74) is -1.20. The molecule has 0 aromatic heterocycles. The Bertz CT molecular complexity index is 636. The first-order chi connectivity index (χ1) is 11.4. The molecule has 2 unspecified atom stereocenters. The molecule has 6 heteroatoms. The number of hydrogen-bond donors (Lipinski definition) is 2. The topological polar surface area (TPSA) is 84.9 Å². The van der Waals surface area contributed by atoms with Crippen molar-refractivity contribution in [3.05, 3.63) is 24.3 Å². The minimum Gasteiger partial charge on any atom is -0.482 e. The van der Waals surface area contributed by atoms with Crippen LogP contribution in [0.2, 0.25) is 0 Å². The quantitative estimate of drug-likeness (QED) is 0.887. The predicted octanol–water partition coefficient (Wildman–Crippen LogP) is 2.36. The summed E-state index contributed by atoms with van der Waals surface area (Å²) in [6, 6.07) is 7.14. The molecule has 3 rings (SSSR count). The van der Waals surface area contributed by atoms with Gasteiger partial charge in [0.15, 0.2) is 11.5 Å².